The number of alkyl halides is 1. The quantitative estimate of drug-likeness (QED) is 0.647. The van der Waals surface area contributed by atoms with Gasteiger partial charge in [-0.2, -0.15) is 0 Å². The van der Waals surface area contributed by atoms with Gasteiger partial charge in [0.15, 0.2) is 5.78 Å². The third-order valence-corrected chi connectivity index (χ3v) is 4.45. The SMILES string of the molecule is O=C1c2cccc3c2C(CCC3)C1Br. The van der Waals surface area contributed by atoms with Crippen LogP contribution < -0.4 is 0 Å². The van der Waals surface area contributed by atoms with Crippen LogP contribution in [0.1, 0.15) is 40.2 Å². The summed E-state index contributed by atoms with van der Waals surface area (Å²) in [7, 11) is 0. The summed E-state index contributed by atoms with van der Waals surface area (Å²) >= 11 is 3.53. The summed E-state index contributed by atoms with van der Waals surface area (Å²) in [5, 5.41) is 0. The highest BCUT2D eigenvalue weighted by Gasteiger charge is 2.40. The van der Waals surface area contributed by atoms with Gasteiger partial charge in [-0.05, 0) is 30.4 Å². The molecule has 0 bridgehead atoms. The molecule has 0 amide bonds. The smallest absolute Gasteiger partial charge is 0.177 e. The molecule has 0 fully saturated rings. The molecule has 3 rings (SSSR count). The van der Waals surface area contributed by atoms with Gasteiger partial charge in [-0.25, -0.2) is 0 Å². The van der Waals surface area contributed by atoms with Crippen LogP contribution in [-0.4, -0.2) is 10.6 Å². The largest absolute Gasteiger partial charge is 0.293 e. The molecule has 2 heteroatoms. The van der Waals surface area contributed by atoms with Crippen molar-refractivity contribution in [3.8, 4) is 0 Å². The Morgan fingerprint density at radius 2 is 2.21 bits per heavy atom. The maximum absolute atomic E-state index is 11.9. The van der Waals surface area contributed by atoms with E-state index in [1.165, 1.54) is 17.5 Å². The Morgan fingerprint density at radius 1 is 1.36 bits per heavy atom. The second kappa shape index (κ2) is 2.93. The fraction of sp³-hybridized carbons (Fsp3) is 0.417. The third kappa shape index (κ3) is 0.977. The number of ketones is 1. The van der Waals surface area contributed by atoms with Crippen molar-refractivity contribution in [2.24, 2.45) is 0 Å². The molecule has 2 aliphatic rings. The molecule has 0 aromatic heterocycles. The van der Waals surface area contributed by atoms with Crippen molar-refractivity contribution in [3.05, 3.63) is 34.9 Å². The molecule has 0 radical (unpaired) electrons. The Bertz CT molecular complexity index is 411. The minimum atomic E-state index is 0.0407. The first-order chi connectivity index (χ1) is 6.79. The Kier molecular flexibility index (Phi) is 1.81. The van der Waals surface area contributed by atoms with Gasteiger partial charge < -0.3 is 0 Å². The van der Waals surface area contributed by atoms with Gasteiger partial charge in [0.25, 0.3) is 0 Å². The molecule has 1 nitrogen and oxygen atoms in total. The lowest BCUT2D eigenvalue weighted by Gasteiger charge is -2.22. The first-order valence-electron chi connectivity index (χ1n) is 5.09. The van der Waals surface area contributed by atoms with Crippen molar-refractivity contribution >= 4 is 21.7 Å². The molecule has 1 aromatic rings. The fourth-order valence-corrected chi connectivity index (χ4v) is 3.54. The summed E-state index contributed by atoms with van der Waals surface area (Å²) in [5.41, 5.74) is 3.70. The maximum atomic E-state index is 11.9. The van der Waals surface area contributed by atoms with Crippen LogP contribution >= 0.6 is 15.9 Å². The standard InChI is InChI=1S/C12H11BrO/c13-11-8-5-1-3-7-4-2-6-9(10(7)8)12(11)14/h2,4,6,8,11H,1,3,5H2. The molecule has 0 saturated carbocycles. The highest BCUT2D eigenvalue weighted by molar-refractivity contribution is 9.10. The number of hydrogen-bond acceptors (Lipinski definition) is 1. The van der Waals surface area contributed by atoms with Crippen LogP contribution in [0.2, 0.25) is 0 Å². The van der Waals surface area contributed by atoms with Crippen LogP contribution in [0.3, 0.4) is 0 Å². The van der Waals surface area contributed by atoms with E-state index < -0.39 is 0 Å². The molecule has 0 spiro atoms. The lowest BCUT2D eigenvalue weighted by Crippen LogP contribution is -2.15. The van der Waals surface area contributed by atoms with Gasteiger partial charge in [-0.1, -0.05) is 34.1 Å². The number of Topliss-reactive ketones (excluding diaryl/α,β-unsaturated/α-hetero) is 1. The van der Waals surface area contributed by atoms with Gasteiger partial charge in [0, 0.05) is 11.5 Å². The molecule has 14 heavy (non-hydrogen) atoms. The van der Waals surface area contributed by atoms with Gasteiger partial charge in [0.05, 0.1) is 4.83 Å². The fourth-order valence-electron chi connectivity index (χ4n) is 2.76. The molecule has 0 heterocycles. The highest BCUT2D eigenvalue weighted by atomic mass is 79.9. The Hall–Kier alpha value is -0.630. The molecule has 0 N–H and O–H groups in total. The minimum absolute atomic E-state index is 0.0407. The molecule has 0 saturated heterocycles. The van der Waals surface area contributed by atoms with Crippen molar-refractivity contribution in [2.45, 2.75) is 30.0 Å². The van der Waals surface area contributed by atoms with Crippen molar-refractivity contribution in [3.63, 3.8) is 0 Å². The number of aryl methyl sites for hydroxylation is 1. The van der Waals surface area contributed by atoms with E-state index in [0.717, 1.165) is 18.4 Å². The molecule has 72 valence electrons. The number of carbonyl (C=O) groups excluding carboxylic acids is 1. The second-order valence-corrected chi connectivity index (χ2v) is 5.13. The number of rotatable bonds is 0. The Morgan fingerprint density at radius 3 is 3.07 bits per heavy atom. The minimum Gasteiger partial charge on any atom is -0.293 e. The van der Waals surface area contributed by atoms with Gasteiger partial charge in [0.2, 0.25) is 0 Å². The van der Waals surface area contributed by atoms with Crippen molar-refractivity contribution in [1.29, 1.82) is 0 Å². The van der Waals surface area contributed by atoms with Gasteiger partial charge in [0.1, 0.15) is 0 Å². The van der Waals surface area contributed by atoms with E-state index in [-0.39, 0.29) is 10.6 Å². The van der Waals surface area contributed by atoms with Gasteiger partial charge in [-0.15, -0.1) is 0 Å². The first-order valence-corrected chi connectivity index (χ1v) is 6.00. The summed E-state index contributed by atoms with van der Waals surface area (Å²) in [5.74, 6) is 0.733. The van der Waals surface area contributed by atoms with E-state index >= 15 is 0 Å². The van der Waals surface area contributed by atoms with E-state index in [1.807, 2.05) is 12.1 Å². The zero-order valence-corrected chi connectivity index (χ0v) is 9.38. The van der Waals surface area contributed by atoms with Crippen LogP contribution in [0, 0.1) is 0 Å². The lowest BCUT2D eigenvalue weighted by atomic mass is 9.84. The molecule has 2 aliphatic carbocycles. The van der Waals surface area contributed by atoms with Crippen LogP contribution in [0.4, 0.5) is 0 Å². The third-order valence-electron chi connectivity index (χ3n) is 3.40. The molecule has 2 atom stereocenters. The zero-order chi connectivity index (χ0) is 9.71. The predicted octanol–water partition coefficient (Wildman–Crippen LogP) is 3.07. The van der Waals surface area contributed by atoms with E-state index in [9.17, 15) is 4.79 Å². The molecule has 1 aromatic carbocycles. The monoisotopic (exact) mass is 250 g/mol. The zero-order valence-electron chi connectivity index (χ0n) is 7.79. The molecular weight excluding hydrogens is 240 g/mol. The van der Waals surface area contributed by atoms with E-state index in [1.54, 1.807) is 0 Å². The molecular formula is C12H11BrO. The van der Waals surface area contributed by atoms with Crippen molar-refractivity contribution < 1.29 is 4.79 Å². The van der Waals surface area contributed by atoms with Crippen molar-refractivity contribution in [1.82, 2.24) is 0 Å². The summed E-state index contributed by atoms with van der Waals surface area (Å²) in [6.45, 7) is 0. The summed E-state index contributed by atoms with van der Waals surface area (Å²) in [6, 6.07) is 6.16. The normalized spacial score (nSPS) is 29.1. The lowest BCUT2D eigenvalue weighted by molar-refractivity contribution is 0.0996. The number of hydrogen-bond donors (Lipinski definition) is 0. The van der Waals surface area contributed by atoms with E-state index in [4.69, 9.17) is 0 Å². The van der Waals surface area contributed by atoms with Crippen molar-refractivity contribution in [2.75, 3.05) is 0 Å². The summed E-state index contributed by atoms with van der Waals surface area (Å²) < 4.78 is 0. The number of carbonyl (C=O) groups is 1. The Balaban J connectivity index is 2.27. The average Bonchev–Trinajstić information content (AvgIpc) is 2.47. The van der Waals surface area contributed by atoms with Crippen LogP contribution in [0.15, 0.2) is 18.2 Å². The van der Waals surface area contributed by atoms with Gasteiger partial charge >= 0.3 is 0 Å². The van der Waals surface area contributed by atoms with Crippen LogP contribution in [0.25, 0.3) is 0 Å². The second-order valence-electron chi connectivity index (χ2n) is 4.14. The average molecular weight is 251 g/mol. The molecule has 0 aliphatic heterocycles. The summed E-state index contributed by atoms with van der Waals surface area (Å²) in [4.78, 5) is 11.9. The summed E-state index contributed by atoms with van der Waals surface area (Å²) in [6.07, 6.45) is 3.52. The highest BCUT2D eigenvalue weighted by Crippen LogP contribution is 2.45. The topological polar surface area (TPSA) is 17.1 Å². The van der Waals surface area contributed by atoms with E-state index in [2.05, 4.69) is 22.0 Å². The number of benzene rings is 1. The Labute approximate surface area is 91.6 Å². The predicted molar refractivity (Wildman–Crippen MR) is 59.2 cm³/mol. The van der Waals surface area contributed by atoms with Gasteiger partial charge in [-0.3, -0.25) is 4.79 Å². The number of halogens is 1. The van der Waals surface area contributed by atoms with Crippen LogP contribution in [-0.2, 0) is 6.42 Å². The molecule has 2 unspecified atom stereocenters. The maximum Gasteiger partial charge on any atom is 0.177 e. The van der Waals surface area contributed by atoms with E-state index in [0.29, 0.717) is 5.92 Å². The van der Waals surface area contributed by atoms with Crippen LogP contribution in [0.5, 0.6) is 0 Å². The first kappa shape index (κ1) is 8.66.